The van der Waals surface area contributed by atoms with Gasteiger partial charge in [0.05, 0.1) is 16.0 Å². The summed E-state index contributed by atoms with van der Waals surface area (Å²) in [5.41, 5.74) is 15.0. The Morgan fingerprint density at radius 3 is 2.38 bits per heavy atom. The Hall–Kier alpha value is -3.23. The monoisotopic (exact) mass is 407 g/mol. The highest BCUT2D eigenvalue weighted by Gasteiger charge is 2.17. The maximum Gasteiger partial charge on any atom is 0.178 e. The second-order valence-electron chi connectivity index (χ2n) is 6.69. The number of aromatic nitrogens is 3. The molecular weight excluding hydrogens is 386 g/mol. The lowest BCUT2D eigenvalue weighted by Crippen LogP contribution is -2.11. The van der Waals surface area contributed by atoms with Crippen molar-refractivity contribution in [2.75, 3.05) is 18.0 Å². The lowest BCUT2D eigenvalue weighted by molar-refractivity contribution is 0.593. The molecule has 0 atom stereocenters. The molecule has 2 heterocycles. The lowest BCUT2D eigenvalue weighted by atomic mass is 10.1. The van der Waals surface area contributed by atoms with Crippen molar-refractivity contribution in [3.8, 4) is 16.8 Å². The van der Waals surface area contributed by atoms with Crippen LogP contribution in [0.3, 0.4) is 0 Å². The van der Waals surface area contributed by atoms with E-state index in [0.717, 1.165) is 22.2 Å². The second-order valence-corrected chi connectivity index (χ2v) is 8.80. The van der Waals surface area contributed by atoms with E-state index < -0.39 is 9.84 Å². The summed E-state index contributed by atoms with van der Waals surface area (Å²) in [4.78, 5) is 8.84. The van der Waals surface area contributed by atoms with Crippen LogP contribution in [0.2, 0.25) is 0 Å². The van der Waals surface area contributed by atoms with Gasteiger partial charge in [-0.05, 0) is 42.8 Å². The van der Waals surface area contributed by atoms with E-state index in [4.69, 9.17) is 11.5 Å². The van der Waals surface area contributed by atoms with Crippen LogP contribution in [0.5, 0.6) is 0 Å². The zero-order valence-corrected chi connectivity index (χ0v) is 16.5. The van der Waals surface area contributed by atoms with Crippen LogP contribution in [0.25, 0.3) is 27.8 Å². The van der Waals surface area contributed by atoms with E-state index >= 15 is 0 Å². The number of fused-ring (bicyclic) bond motifs is 1. The summed E-state index contributed by atoms with van der Waals surface area (Å²) in [7, 11) is -3.34. The number of hydrogen-bond donors (Lipinski definition) is 2. The molecule has 29 heavy (non-hydrogen) atoms. The summed E-state index contributed by atoms with van der Waals surface area (Å²) in [6.07, 6.45) is 3.81. The summed E-state index contributed by atoms with van der Waals surface area (Å²) in [6, 6.07) is 16.6. The third kappa shape index (κ3) is 3.59. The Labute approximate surface area is 168 Å². The van der Waals surface area contributed by atoms with Crippen LogP contribution >= 0.6 is 0 Å². The van der Waals surface area contributed by atoms with Gasteiger partial charge in [-0.15, -0.1) is 0 Å². The maximum atomic E-state index is 12.4. The normalized spacial score (nSPS) is 11.8. The van der Waals surface area contributed by atoms with Gasteiger partial charge >= 0.3 is 0 Å². The fourth-order valence-corrected chi connectivity index (χ4v) is 4.66. The van der Waals surface area contributed by atoms with Crippen LogP contribution in [0, 0.1) is 0 Å². The van der Waals surface area contributed by atoms with Gasteiger partial charge in [-0.1, -0.05) is 30.3 Å². The molecule has 0 saturated carbocycles. The van der Waals surface area contributed by atoms with E-state index in [1.165, 1.54) is 6.33 Å². The smallest absolute Gasteiger partial charge is 0.178 e. The van der Waals surface area contributed by atoms with E-state index in [0.29, 0.717) is 24.4 Å². The molecule has 4 aromatic rings. The molecule has 0 aliphatic rings. The minimum atomic E-state index is -3.34. The highest BCUT2D eigenvalue weighted by atomic mass is 32.2. The number of nitrogens with zero attached hydrogens (tertiary/aromatic N) is 3. The first-order valence-electron chi connectivity index (χ1n) is 9.21. The Kier molecular flexibility index (Phi) is 5.04. The minimum absolute atomic E-state index is 0.0389. The molecule has 0 aliphatic heterocycles. The molecule has 0 amide bonds. The van der Waals surface area contributed by atoms with Gasteiger partial charge in [0.1, 0.15) is 12.1 Å². The number of nitrogen functional groups attached to an aromatic ring is 1. The van der Waals surface area contributed by atoms with E-state index in [2.05, 4.69) is 9.97 Å². The van der Waals surface area contributed by atoms with Crippen LogP contribution in [0.4, 0.5) is 5.82 Å². The summed E-state index contributed by atoms with van der Waals surface area (Å²) in [5, 5.41) is 0.762. The molecule has 0 spiro atoms. The summed E-state index contributed by atoms with van der Waals surface area (Å²) < 4.78 is 26.7. The second kappa shape index (κ2) is 7.65. The first-order valence-corrected chi connectivity index (χ1v) is 10.9. The van der Waals surface area contributed by atoms with E-state index in [-0.39, 0.29) is 10.6 Å². The highest BCUT2D eigenvalue weighted by molar-refractivity contribution is 7.91. The summed E-state index contributed by atoms with van der Waals surface area (Å²) in [6.45, 7) is 0.343. The van der Waals surface area contributed by atoms with E-state index in [9.17, 15) is 8.42 Å². The molecule has 0 bridgehead atoms. The van der Waals surface area contributed by atoms with Gasteiger partial charge in [0, 0.05) is 17.4 Å². The topological polar surface area (TPSA) is 117 Å². The van der Waals surface area contributed by atoms with Gasteiger partial charge < -0.3 is 16.0 Å². The third-order valence-electron chi connectivity index (χ3n) is 4.79. The van der Waals surface area contributed by atoms with Crippen LogP contribution in [-0.4, -0.2) is 35.3 Å². The Bertz CT molecular complexity index is 1250. The van der Waals surface area contributed by atoms with Crippen molar-refractivity contribution in [2.24, 2.45) is 5.73 Å². The average molecular weight is 407 g/mol. The Morgan fingerprint density at radius 1 is 0.966 bits per heavy atom. The molecule has 0 aliphatic carbocycles. The van der Waals surface area contributed by atoms with Gasteiger partial charge in [-0.25, -0.2) is 18.4 Å². The van der Waals surface area contributed by atoms with Crippen molar-refractivity contribution in [2.45, 2.75) is 11.3 Å². The Morgan fingerprint density at radius 2 is 1.69 bits per heavy atom. The van der Waals surface area contributed by atoms with Crippen LogP contribution < -0.4 is 11.5 Å². The average Bonchev–Trinajstić information content (AvgIpc) is 3.14. The molecule has 8 heteroatoms. The summed E-state index contributed by atoms with van der Waals surface area (Å²) in [5.74, 6) is 0.436. The molecule has 7 nitrogen and oxygen atoms in total. The van der Waals surface area contributed by atoms with Gasteiger partial charge in [0.15, 0.2) is 15.5 Å². The number of hydrogen-bond acceptors (Lipinski definition) is 6. The predicted octanol–water partition coefficient (Wildman–Crippen LogP) is 2.79. The SMILES string of the molecule is NCCCS(=O)(=O)c1ccc(-n2cc(-c3ccccc3)c3c(N)ncnc32)cc1. The van der Waals surface area contributed by atoms with E-state index in [1.54, 1.807) is 24.3 Å². The number of rotatable bonds is 6. The van der Waals surface area contributed by atoms with E-state index in [1.807, 2.05) is 41.1 Å². The molecule has 0 fully saturated rings. The van der Waals surface area contributed by atoms with Crippen LogP contribution in [0.15, 0.2) is 72.0 Å². The zero-order valence-electron chi connectivity index (χ0n) is 15.7. The van der Waals surface area contributed by atoms with Gasteiger partial charge in [0.25, 0.3) is 0 Å². The lowest BCUT2D eigenvalue weighted by Gasteiger charge is -2.07. The molecule has 4 N–H and O–H groups in total. The molecular formula is C21H21N5O2S. The fraction of sp³-hybridized carbons (Fsp3) is 0.143. The molecule has 0 radical (unpaired) electrons. The first kappa shape index (κ1) is 19.1. The van der Waals surface area contributed by atoms with Crippen molar-refractivity contribution < 1.29 is 8.42 Å². The fourth-order valence-electron chi connectivity index (χ4n) is 3.32. The molecule has 2 aromatic carbocycles. The van der Waals surface area contributed by atoms with Crippen molar-refractivity contribution in [1.82, 2.24) is 14.5 Å². The van der Waals surface area contributed by atoms with Gasteiger partial charge in [-0.3, -0.25) is 0 Å². The van der Waals surface area contributed by atoms with Crippen molar-refractivity contribution in [3.63, 3.8) is 0 Å². The van der Waals surface area contributed by atoms with Crippen molar-refractivity contribution in [3.05, 3.63) is 67.1 Å². The highest BCUT2D eigenvalue weighted by Crippen LogP contribution is 2.34. The number of anilines is 1. The number of nitrogens with two attached hydrogens (primary N) is 2. The van der Waals surface area contributed by atoms with Crippen molar-refractivity contribution >= 4 is 26.7 Å². The largest absolute Gasteiger partial charge is 0.383 e. The number of benzene rings is 2. The number of sulfone groups is 1. The zero-order chi connectivity index (χ0) is 20.4. The maximum absolute atomic E-state index is 12.4. The quantitative estimate of drug-likeness (QED) is 0.508. The predicted molar refractivity (Wildman–Crippen MR) is 114 cm³/mol. The van der Waals surface area contributed by atoms with Gasteiger partial charge in [-0.2, -0.15) is 0 Å². The van der Waals surface area contributed by atoms with Gasteiger partial charge in [0.2, 0.25) is 0 Å². The molecule has 2 aromatic heterocycles. The first-order chi connectivity index (χ1) is 14.0. The molecule has 0 saturated heterocycles. The van der Waals surface area contributed by atoms with Crippen LogP contribution in [-0.2, 0) is 9.84 Å². The third-order valence-corrected chi connectivity index (χ3v) is 6.60. The molecule has 4 rings (SSSR count). The standard InChI is InChI=1S/C21H21N5O2S/c22-11-4-12-29(27,28)17-9-7-16(8-10-17)26-13-18(15-5-2-1-3-6-15)19-20(23)24-14-25-21(19)26/h1-3,5-10,13-14H,4,11-12,22H2,(H2,23,24,25). The molecule has 148 valence electrons. The van der Waals surface area contributed by atoms with Crippen LogP contribution in [0.1, 0.15) is 6.42 Å². The minimum Gasteiger partial charge on any atom is -0.383 e. The Balaban J connectivity index is 1.82. The van der Waals surface area contributed by atoms with Crippen molar-refractivity contribution in [1.29, 1.82) is 0 Å². The molecule has 0 unspecified atom stereocenters. The summed E-state index contributed by atoms with van der Waals surface area (Å²) >= 11 is 0.